The van der Waals surface area contributed by atoms with Crippen molar-refractivity contribution in [1.29, 1.82) is 0 Å². The minimum absolute atomic E-state index is 0.0920. The summed E-state index contributed by atoms with van der Waals surface area (Å²) < 4.78 is 8.46. The van der Waals surface area contributed by atoms with E-state index in [4.69, 9.17) is 4.74 Å². The van der Waals surface area contributed by atoms with Crippen molar-refractivity contribution < 1.29 is 9.53 Å². The van der Waals surface area contributed by atoms with Gasteiger partial charge in [0.1, 0.15) is 17.9 Å². The number of carbonyl (C=O) groups is 1. The van der Waals surface area contributed by atoms with Crippen LogP contribution >= 0.6 is 0 Å². The molecule has 2 aromatic carbocycles. The summed E-state index contributed by atoms with van der Waals surface area (Å²) in [6.07, 6.45) is 5.96. The molecule has 0 unspecified atom stereocenters. The highest BCUT2D eigenvalue weighted by Gasteiger charge is 2.40. The van der Waals surface area contributed by atoms with Gasteiger partial charge >= 0.3 is 0 Å². The van der Waals surface area contributed by atoms with Crippen LogP contribution in [0.4, 0.5) is 0 Å². The van der Waals surface area contributed by atoms with Crippen molar-refractivity contribution in [3.63, 3.8) is 0 Å². The molecule has 138 valence electrons. The molecule has 2 aliphatic rings. The van der Waals surface area contributed by atoms with Crippen LogP contribution in [0.2, 0.25) is 0 Å². The monoisotopic (exact) mass is 360 g/mol. The lowest BCUT2D eigenvalue weighted by Gasteiger charge is -2.44. The van der Waals surface area contributed by atoms with E-state index in [1.807, 2.05) is 29.3 Å². The minimum atomic E-state index is -0.0920. The van der Waals surface area contributed by atoms with Crippen LogP contribution in [0, 0.1) is 0 Å². The molecule has 1 fully saturated rings. The number of aromatic nitrogens is 1. The Kier molecular flexibility index (Phi) is 3.92. The summed E-state index contributed by atoms with van der Waals surface area (Å²) in [5.74, 6) is 1.23. The van der Waals surface area contributed by atoms with Gasteiger partial charge < -0.3 is 14.2 Å². The summed E-state index contributed by atoms with van der Waals surface area (Å²) in [4.78, 5) is 14.8. The fourth-order valence-electron chi connectivity index (χ4n) is 4.50. The number of benzene rings is 2. The molecule has 0 bridgehead atoms. The first-order valence-corrected chi connectivity index (χ1v) is 9.81. The maximum Gasteiger partial charge on any atom is 0.242 e. The van der Waals surface area contributed by atoms with Crippen LogP contribution in [0.3, 0.4) is 0 Å². The second-order valence-corrected chi connectivity index (χ2v) is 7.78. The molecule has 0 N–H and O–H groups in total. The van der Waals surface area contributed by atoms with Crippen molar-refractivity contribution in [3.05, 3.63) is 66.4 Å². The molecule has 1 saturated heterocycles. The first kappa shape index (κ1) is 16.4. The van der Waals surface area contributed by atoms with Gasteiger partial charge in [0.15, 0.2) is 0 Å². The molecule has 27 heavy (non-hydrogen) atoms. The largest absolute Gasteiger partial charge is 0.487 e. The first-order valence-electron chi connectivity index (χ1n) is 9.81. The van der Waals surface area contributed by atoms with Gasteiger partial charge in [-0.05, 0) is 42.0 Å². The molecule has 2 aliphatic heterocycles. The van der Waals surface area contributed by atoms with E-state index in [1.165, 1.54) is 10.9 Å². The van der Waals surface area contributed by atoms with Gasteiger partial charge in [0, 0.05) is 37.6 Å². The number of likely N-dealkylation sites (tertiary alicyclic amines) is 1. The molecule has 1 spiro atoms. The van der Waals surface area contributed by atoms with E-state index in [0.717, 1.165) is 50.0 Å². The summed E-state index contributed by atoms with van der Waals surface area (Å²) >= 11 is 0. The molecule has 3 heterocycles. The summed E-state index contributed by atoms with van der Waals surface area (Å²) in [5.41, 5.74) is 2.33. The molecular weight excluding hydrogens is 336 g/mol. The third-order valence-corrected chi connectivity index (χ3v) is 6.16. The Morgan fingerprint density at radius 2 is 1.74 bits per heavy atom. The molecule has 0 saturated carbocycles. The lowest BCUT2D eigenvalue weighted by atomic mass is 9.83. The number of ether oxygens (including phenoxy) is 1. The first-order chi connectivity index (χ1) is 13.2. The van der Waals surface area contributed by atoms with Gasteiger partial charge in [-0.25, -0.2) is 0 Å². The average Bonchev–Trinajstić information content (AvgIpc) is 3.11. The van der Waals surface area contributed by atoms with Crippen molar-refractivity contribution >= 4 is 16.8 Å². The van der Waals surface area contributed by atoms with E-state index in [9.17, 15) is 4.79 Å². The maximum absolute atomic E-state index is 12.8. The molecule has 5 rings (SSSR count). The van der Waals surface area contributed by atoms with Crippen LogP contribution in [0.15, 0.2) is 60.8 Å². The predicted molar refractivity (Wildman–Crippen MR) is 106 cm³/mol. The quantitative estimate of drug-likeness (QED) is 0.692. The minimum Gasteiger partial charge on any atom is -0.487 e. The highest BCUT2D eigenvalue weighted by Crippen LogP contribution is 2.39. The normalized spacial score (nSPS) is 18.3. The maximum atomic E-state index is 12.8. The van der Waals surface area contributed by atoms with Crippen LogP contribution in [0.25, 0.3) is 10.9 Å². The fourth-order valence-corrected chi connectivity index (χ4v) is 4.50. The van der Waals surface area contributed by atoms with Gasteiger partial charge in [-0.15, -0.1) is 0 Å². The number of hydrogen-bond acceptors (Lipinski definition) is 2. The van der Waals surface area contributed by atoms with Crippen molar-refractivity contribution in [3.8, 4) is 5.75 Å². The number of amides is 1. The summed E-state index contributed by atoms with van der Waals surface area (Å²) in [6.45, 7) is 1.96. The van der Waals surface area contributed by atoms with Crippen LogP contribution in [0.1, 0.15) is 24.8 Å². The Hall–Kier alpha value is -2.75. The van der Waals surface area contributed by atoms with Gasteiger partial charge in [-0.2, -0.15) is 0 Å². The molecular formula is C23H24N2O2. The van der Waals surface area contributed by atoms with Gasteiger partial charge in [0.25, 0.3) is 0 Å². The standard InChI is InChI=1S/C23H24N2O2/c26-22(17-25-14-10-18-5-1-3-7-20(18)25)24-15-12-23(13-16-24)11-9-19-6-2-4-8-21(19)27-23/h1-8,10,14H,9,11-13,15-17H2. The van der Waals surface area contributed by atoms with Gasteiger partial charge in [-0.3, -0.25) is 4.79 Å². The van der Waals surface area contributed by atoms with Crippen molar-refractivity contribution in [1.82, 2.24) is 9.47 Å². The Morgan fingerprint density at radius 1 is 0.963 bits per heavy atom. The number of aryl methyl sites for hydroxylation is 1. The highest BCUT2D eigenvalue weighted by molar-refractivity contribution is 5.83. The van der Waals surface area contributed by atoms with Crippen LogP contribution < -0.4 is 4.74 Å². The number of hydrogen-bond donors (Lipinski definition) is 0. The van der Waals surface area contributed by atoms with E-state index >= 15 is 0 Å². The van der Waals surface area contributed by atoms with Gasteiger partial charge in [0.05, 0.1) is 0 Å². The Morgan fingerprint density at radius 3 is 2.63 bits per heavy atom. The van der Waals surface area contributed by atoms with Gasteiger partial charge in [0.2, 0.25) is 5.91 Å². The van der Waals surface area contributed by atoms with Crippen molar-refractivity contribution in [2.24, 2.45) is 0 Å². The molecule has 3 aromatic rings. The second-order valence-electron chi connectivity index (χ2n) is 7.78. The Bertz CT molecular complexity index is 983. The SMILES string of the molecule is O=C(Cn1ccc2ccccc21)N1CCC2(CCc3ccccc3O2)CC1. The Balaban J connectivity index is 1.25. The molecule has 0 atom stereocenters. The molecule has 0 aliphatic carbocycles. The Labute approximate surface area is 159 Å². The number of fused-ring (bicyclic) bond motifs is 2. The molecule has 1 amide bonds. The molecule has 4 heteroatoms. The van der Waals surface area contributed by atoms with E-state index in [0.29, 0.717) is 6.54 Å². The zero-order chi connectivity index (χ0) is 18.3. The highest BCUT2D eigenvalue weighted by atomic mass is 16.5. The number of carbonyl (C=O) groups excluding carboxylic acids is 1. The van der Waals surface area contributed by atoms with Crippen molar-refractivity contribution in [2.75, 3.05) is 13.1 Å². The van der Waals surface area contributed by atoms with E-state index in [2.05, 4.69) is 41.0 Å². The fraction of sp³-hybridized carbons (Fsp3) is 0.348. The zero-order valence-electron chi connectivity index (χ0n) is 15.4. The van der Waals surface area contributed by atoms with E-state index in [1.54, 1.807) is 0 Å². The lowest BCUT2D eigenvalue weighted by molar-refractivity contribution is -0.135. The predicted octanol–water partition coefficient (Wildman–Crippen LogP) is 4.03. The summed E-state index contributed by atoms with van der Waals surface area (Å²) in [5, 5.41) is 1.18. The van der Waals surface area contributed by atoms with Crippen molar-refractivity contribution in [2.45, 2.75) is 37.8 Å². The smallest absolute Gasteiger partial charge is 0.242 e. The lowest BCUT2D eigenvalue weighted by Crippen LogP contribution is -2.51. The third-order valence-electron chi connectivity index (χ3n) is 6.16. The number of para-hydroxylation sites is 2. The average molecular weight is 360 g/mol. The topological polar surface area (TPSA) is 34.5 Å². The third kappa shape index (κ3) is 2.99. The van der Waals surface area contributed by atoms with Gasteiger partial charge in [-0.1, -0.05) is 36.4 Å². The molecule has 0 radical (unpaired) electrons. The second kappa shape index (κ2) is 6.45. The molecule has 1 aromatic heterocycles. The summed E-state index contributed by atoms with van der Waals surface area (Å²) in [7, 11) is 0. The van der Waals surface area contributed by atoms with E-state index in [-0.39, 0.29) is 11.5 Å². The van der Waals surface area contributed by atoms with E-state index < -0.39 is 0 Å². The van der Waals surface area contributed by atoms with Crippen LogP contribution in [0.5, 0.6) is 5.75 Å². The van der Waals surface area contributed by atoms with Crippen LogP contribution in [-0.2, 0) is 17.8 Å². The number of piperidine rings is 1. The zero-order valence-corrected chi connectivity index (χ0v) is 15.4. The molecule has 4 nitrogen and oxygen atoms in total. The number of rotatable bonds is 2. The number of nitrogens with zero attached hydrogens (tertiary/aromatic N) is 2. The van der Waals surface area contributed by atoms with Crippen LogP contribution in [-0.4, -0.2) is 34.1 Å². The summed E-state index contributed by atoms with van der Waals surface area (Å²) in [6, 6.07) is 18.6.